The lowest BCUT2D eigenvalue weighted by Crippen LogP contribution is -2.33. The predicted octanol–water partition coefficient (Wildman–Crippen LogP) is 6.78. The summed E-state index contributed by atoms with van der Waals surface area (Å²) in [5.74, 6) is 1.46. The fraction of sp³-hybridized carbons (Fsp3) is 0.500. The van der Waals surface area contributed by atoms with Gasteiger partial charge in [-0.1, -0.05) is 52.0 Å². The van der Waals surface area contributed by atoms with Gasteiger partial charge in [-0.05, 0) is 75.9 Å². The Morgan fingerprint density at radius 3 is 1.52 bits per heavy atom. The van der Waals surface area contributed by atoms with Gasteiger partial charge in [0.25, 0.3) is 0 Å². The number of benzene rings is 2. The van der Waals surface area contributed by atoms with Crippen LogP contribution in [0.25, 0.3) is 0 Å². The smallest absolute Gasteiger partial charge is 0.317 e. The summed E-state index contributed by atoms with van der Waals surface area (Å²) in [5.41, 5.74) is 1.44. The van der Waals surface area contributed by atoms with Crippen LogP contribution >= 0.6 is 0 Å². The lowest BCUT2D eigenvalue weighted by Gasteiger charge is -2.28. The van der Waals surface area contributed by atoms with Crippen LogP contribution in [0.5, 0.6) is 11.5 Å². The molecule has 0 heterocycles. The molecule has 0 amide bonds. The SMILES string of the molecule is CC(C)C(C)(C)C(=O)Oc1ccc(C(C)(C)c2ccc(OC(C)(C)C)cc2)cc1. The van der Waals surface area contributed by atoms with Crippen molar-refractivity contribution in [3.8, 4) is 11.5 Å². The molecule has 0 aromatic heterocycles. The second-order valence-corrected chi connectivity index (χ2v) is 10.2. The quantitative estimate of drug-likeness (QED) is 0.399. The molecule has 3 nitrogen and oxygen atoms in total. The molecule has 0 radical (unpaired) electrons. The van der Waals surface area contributed by atoms with E-state index in [9.17, 15) is 4.79 Å². The van der Waals surface area contributed by atoms with Gasteiger partial charge in [-0.15, -0.1) is 0 Å². The zero-order valence-electron chi connectivity index (χ0n) is 19.4. The number of carbonyl (C=O) groups is 1. The maximum atomic E-state index is 12.5. The van der Waals surface area contributed by atoms with Crippen LogP contribution in [0.4, 0.5) is 0 Å². The average molecular weight is 397 g/mol. The maximum absolute atomic E-state index is 12.5. The van der Waals surface area contributed by atoms with Crippen LogP contribution < -0.4 is 9.47 Å². The Labute approximate surface area is 176 Å². The van der Waals surface area contributed by atoms with Crippen LogP contribution in [0.2, 0.25) is 0 Å². The molecule has 0 aliphatic heterocycles. The molecular weight excluding hydrogens is 360 g/mol. The van der Waals surface area contributed by atoms with E-state index in [0.717, 1.165) is 11.3 Å². The zero-order chi connectivity index (χ0) is 22.0. The van der Waals surface area contributed by atoms with Gasteiger partial charge in [0.05, 0.1) is 5.41 Å². The molecule has 0 spiro atoms. The van der Waals surface area contributed by atoms with Crippen molar-refractivity contribution in [2.75, 3.05) is 0 Å². The van der Waals surface area contributed by atoms with Crippen molar-refractivity contribution >= 4 is 5.97 Å². The Morgan fingerprint density at radius 2 is 1.14 bits per heavy atom. The Balaban J connectivity index is 2.16. The van der Waals surface area contributed by atoms with Crippen LogP contribution in [-0.4, -0.2) is 11.6 Å². The van der Waals surface area contributed by atoms with Gasteiger partial charge in [0.15, 0.2) is 0 Å². The van der Waals surface area contributed by atoms with E-state index in [2.05, 4.69) is 26.0 Å². The summed E-state index contributed by atoms with van der Waals surface area (Å²) in [6.45, 7) is 18.4. The minimum atomic E-state index is -0.519. The first-order valence-electron chi connectivity index (χ1n) is 10.4. The van der Waals surface area contributed by atoms with Crippen molar-refractivity contribution in [1.29, 1.82) is 0 Å². The molecule has 29 heavy (non-hydrogen) atoms. The van der Waals surface area contributed by atoms with Crippen LogP contribution in [-0.2, 0) is 10.2 Å². The number of hydrogen-bond acceptors (Lipinski definition) is 3. The molecule has 3 heteroatoms. The van der Waals surface area contributed by atoms with E-state index in [4.69, 9.17) is 9.47 Å². The number of hydrogen-bond donors (Lipinski definition) is 0. The van der Waals surface area contributed by atoms with Crippen LogP contribution in [0.3, 0.4) is 0 Å². The minimum absolute atomic E-state index is 0.181. The second-order valence-electron chi connectivity index (χ2n) is 10.2. The maximum Gasteiger partial charge on any atom is 0.317 e. The highest BCUT2D eigenvalue weighted by atomic mass is 16.5. The largest absolute Gasteiger partial charge is 0.488 e. The van der Waals surface area contributed by atoms with Gasteiger partial charge >= 0.3 is 5.97 Å². The third-order valence-electron chi connectivity index (χ3n) is 5.76. The number of carbonyl (C=O) groups excluding carboxylic acids is 1. The molecule has 2 rings (SSSR count). The Morgan fingerprint density at radius 1 is 0.724 bits per heavy atom. The van der Waals surface area contributed by atoms with Crippen molar-refractivity contribution in [3.63, 3.8) is 0 Å². The van der Waals surface area contributed by atoms with Crippen LogP contribution in [0.15, 0.2) is 48.5 Å². The predicted molar refractivity (Wildman–Crippen MR) is 120 cm³/mol. The van der Waals surface area contributed by atoms with E-state index in [0.29, 0.717) is 5.75 Å². The average Bonchev–Trinajstić information content (AvgIpc) is 2.61. The lowest BCUT2D eigenvalue weighted by molar-refractivity contribution is -0.146. The van der Waals surface area contributed by atoms with Gasteiger partial charge in [-0.2, -0.15) is 0 Å². The van der Waals surface area contributed by atoms with Crippen molar-refractivity contribution in [3.05, 3.63) is 59.7 Å². The molecule has 0 unspecified atom stereocenters. The zero-order valence-corrected chi connectivity index (χ0v) is 19.4. The molecule has 0 fully saturated rings. The van der Waals surface area contributed by atoms with Crippen molar-refractivity contribution < 1.29 is 14.3 Å². The van der Waals surface area contributed by atoms with E-state index in [-0.39, 0.29) is 22.9 Å². The monoisotopic (exact) mass is 396 g/mol. The Hall–Kier alpha value is -2.29. The standard InChI is InChI=1S/C26H36O3/c1-18(2)25(6,7)23(27)28-21-14-10-19(11-15-21)26(8,9)20-12-16-22(17-13-20)29-24(3,4)5/h10-18H,1-9H3. The van der Waals surface area contributed by atoms with E-state index < -0.39 is 5.41 Å². The van der Waals surface area contributed by atoms with E-state index >= 15 is 0 Å². The van der Waals surface area contributed by atoms with Crippen molar-refractivity contribution in [2.24, 2.45) is 11.3 Å². The molecule has 158 valence electrons. The molecule has 0 bridgehead atoms. The van der Waals surface area contributed by atoms with Gasteiger partial charge in [-0.25, -0.2) is 0 Å². The fourth-order valence-corrected chi connectivity index (χ4v) is 2.87. The fourth-order valence-electron chi connectivity index (χ4n) is 2.87. The minimum Gasteiger partial charge on any atom is -0.488 e. The summed E-state index contributed by atoms with van der Waals surface area (Å²) in [7, 11) is 0. The van der Waals surface area contributed by atoms with E-state index in [1.165, 1.54) is 5.56 Å². The summed E-state index contributed by atoms with van der Waals surface area (Å²) in [5, 5.41) is 0. The highest BCUT2D eigenvalue weighted by Crippen LogP contribution is 2.34. The first-order chi connectivity index (χ1) is 13.2. The van der Waals surface area contributed by atoms with Gasteiger partial charge in [-0.3, -0.25) is 4.79 Å². The van der Waals surface area contributed by atoms with Crippen molar-refractivity contribution in [2.45, 2.75) is 73.3 Å². The third-order valence-corrected chi connectivity index (χ3v) is 5.76. The molecule has 0 saturated carbocycles. The molecule has 0 aliphatic rings. The highest BCUT2D eigenvalue weighted by molar-refractivity contribution is 5.78. The summed E-state index contributed by atoms with van der Waals surface area (Å²) < 4.78 is 11.5. The molecule has 0 saturated heterocycles. The topological polar surface area (TPSA) is 35.5 Å². The summed E-state index contributed by atoms with van der Waals surface area (Å²) >= 11 is 0. The molecular formula is C26H36O3. The summed E-state index contributed by atoms with van der Waals surface area (Å²) in [4.78, 5) is 12.5. The normalized spacial score (nSPS) is 12.8. The lowest BCUT2D eigenvalue weighted by atomic mass is 9.78. The van der Waals surface area contributed by atoms with E-state index in [1.807, 2.05) is 84.9 Å². The van der Waals surface area contributed by atoms with Crippen molar-refractivity contribution in [1.82, 2.24) is 0 Å². The molecule has 2 aromatic rings. The van der Waals surface area contributed by atoms with Crippen LogP contribution in [0, 0.1) is 11.3 Å². The van der Waals surface area contributed by atoms with Gasteiger partial charge in [0, 0.05) is 5.41 Å². The molecule has 2 aromatic carbocycles. The summed E-state index contributed by atoms with van der Waals surface area (Å²) in [6.07, 6.45) is 0. The summed E-state index contributed by atoms with van der Waals surface area (Å²) in [6, 6.07) is 16.1. The molecule has 0 atom stereocenters. The molecule has 0 N–H and O–H groups in total. The van der Waals surface area contributed by atoms with Gasteiger partial charge < -0.3 is 9.47 Å². The van der Waals surface area contributed by atoms with Gasteiger partial charge in [0.1, 0.15) is 17.1 Å². The number of ether oxygens (including phenoxy) is 2. The first-order valence-corrected chi connectivity index (χ1v) is 10.4. The molecule has 0 aliphatic carbocycles. The Bertz CT molecular complexity index is 820. The number of esters is 1. The third kappa shape index (κ3) is 5.62. The second kappa shape index (κ2) is 8.22. The van der Waals surface area contributed by atoms with E-state index in [1.54, 1.807) is 0 Å². The van der Waals surface area contributed by atoms with Crippen LogP contribution in [0.1, 0.15) is 73.4 Å². The first kappa shape index (κ1) is 23.0. The number of rotatable bonds is 6. The highest BCUT2D eigenvalue weighted by Gasteiger charge is 2.33. The van der Waals surface area contributed by atoms with Gasteiger partial charge in [0.2, 0.25) is 0 Å². The Kier molecular flexibility index (Phi) is 6.51.